The maximum Gasteiger partial charge on any atom is 0.241 e. The van der Waals surface area contributed by atoms with Crippen LogP contribution < -0.4 is 16.0 Å². The van der Waals surface area contributed by atoms with Crippen LogP contribution in [0.5, 0.6) is 0 Å². The van der Waals surface area contributed by atoms with E-state index < -0.39 is 6.04 Å². The van der Waals surface area contributed by atoms with Crippen molar-refractivity contribution in [1.82, 2.24) is 0 Å². The lowest BCUT2D eigenvalue weighted by atomic mass is 10.1. The molecule has 0 saturated heterocycles. The summed E-state index contributed by atoms with van der Waals surface area (Å²) < 4.78 is 0. The summed E-state index contributed by atoms with van der Waals surface area (Å²) in [6.07, 6.45) is 5.55. The molecule has 0 aromatic heterocycles. The Labute approximate surface area is 141 Å². The summed E-state index contributed by atoms with van der Waals surface area (Å²) in [6, 6.07) is 5.30. The molecule has 1 saturated carbocycles. The summed E-state index contributed by atoms with van der Waals surface area (Å²) in [4.78, 5) is 26.3. The molecule has 1 aliphatic carbocycles. The summed E-state index contributed by atoms with van der Waals surface area (Å²) in [5.74, 6) is 1.13. The van der Waals surface area contributed by atoms with Crippen LogP contribution >= 0.6 is 11.8 Å². The Morgan fingerprint density at radius 2 is 2.22 bits per heavy atom. The molecule has 124 valence electrons. The second kappa shape index (κ2) is 6.93. The Hall–Kier alpha value is -1.53. The van der Waals surface area contributed by atoms with Crippen molar-refractivity contribution in [3.05, 3.63) is 23.8 Å². The molecule has 23 heavy (non-hydrogen) atoms. The van der Waals surface area contributed by atoms with Gasteiger partial charge in [0.25, 0.3) is 0 Å². The number of rotatable bonds is 6. The summed E-state index contributed by atoms with van der Waals surface area (Å²) in [6.45, 7) is 0.745. The highest BCUT2D eigenvalue weighted by Gasteiger charge is 2.36. The standard InChI is InChI=1S/C17H23N3O2S/c1-23-9-7-14(18)16(21)19-13-5-4-11-6-8-20(15(11)10-13)17(22)12-2-3-12/h4-5,10,12,14H,2-3,6-9,18H2,1H3,(H,19,21)/t14-/m0/s1. The number of carbonyl (C=O) groups excluding carboxylic acids is 2. The van der Waals surface area contributed by atoms with Crippen LogP contribution in [-0.2, 0) is 16.0 Å². The van der Waals surface area contributed by atoms with Gasteiger partial charge in [0.15, 0.2) is 0 Å². The second-order valence-electron chi connectivity index (χ2n) is 6.23. The lowest BCUT2D eigenvalue weighted by Gasteiger charge is -2.18. The lowest BCUT2D eigenvalue weighted by molar-refractivity contribution is -0.119. The van der Waals surface area contributed by atoms with E-state index in [0.29, 0.717) is 12.1 Å². The number of hydrogen-bond donors (Lipinski definition) is 2. The van der Waals surface area contributed by atoms with Crippen molar-refractivity contribution >= 4 is 35.0 Å². The number of hydrogen-bond acceptors (Lipinski definition) is 4. The quantitative estimate of drug-likeness (QED) is 0.835. The Kier molecular flexibility index (Phi) is 4.92. The minimum absolute atomic E-state index is 0.169. The first-order valence-corrected chi connectivity index (χ1v) is 9.49. The lowest BCUT2D eigenvalue weighted by Crippen LogP contribution is -2.36. The molecule has 1 aromatic rings. The molecular formula is C17H23N3O2S. The second-order valence-corrected chi connectivity index (χ2v) is 7.22. The van der Waals surface area contributed by atoms with Crippen LogP contribution in [0.2, 0.25) is 0 Å². The average molecular weight is 333 g/mol. The minimum Gasteiger partial charge on any atom is -0.325 e. The van der Waals surface area contributed by atoms with Crippen molar-refractivity contribution in [2.24, 2.45) is 11.7 Å². The highest BCUT2D eigenvalue weighted by molar-refractivity contribution is 7.98. The van der Waals surface area contributed by atoms with E-state index in [-0.39, 0.29) is 17.7 Å². The minimum atomic E-state index is -0.500. The van der Waals surface area contributed by atoms with Crippen LogP contribution in [0.15, 0.2) is 18.2 Å². The van der Waals surface area contributed by atoms with Gasteiger partial charge in [-0.05, 0) is 55.4 Å². The molecule has 1 aromatic carbocycles. The number of thioether (sulfide) groups is 1. The van der Waals surface area contributed by atoms with Crippen LogP contribution in [0.1, 0.15) is 24.8 Å². The Morgan fingerprint density at radius 1 is 1.43 bits per heavy atom. The van der Waals surface area contributed by atoms with E-state index in [2.05, 4.69) is 5.32 Å². The van der Waals surface area contributed by atoms with E-state index in [9.17, 15) is 9.59 Å². The van der Waals surface area contributed by atoms with E-state index in [1.165, 1.54) is 5.56 Å². The zero-order valence-electron chi connectivity index (χ0n) is 13.4. The SMILES string of the molecule is CSCC[C@H](N)C(=O)Nc1ccc2c(c1)N(C(=O)C1CC1)CC2. The zero-order chi connectivity index (χ0) is 16.4. The topological polar surface area (TPSA) is 75.4 Å². The van der Waals surface area contributed by atoms with Gasteiger partial charge in [0.1, 0.15) is 0 Å². The van der Waals surface area contributed by atoms with E-state index in [4.69, 9.17) is 5.73 Å². The summed E-state index contributed by atoms with van der Waals surface area (Å²) >= 11 is 1.68. The monoisotopic (exact) mass is 333 g/mol. The van der Waals surface area contributed by atoms with E-state index in [1.807, 2.05) is 29.4 Å². The third-order valence-corrected chi connectivity index (χ3v) is 5.05. The molecule has 1 aliphatic heterocycles. The number of nitrogens with two attached hydrogens (primary N) is 1. The number of benzene rings is 1. The maximum absolute atomic E-state index is 12.3. The molecule has 1 fully saturated rings. The molecule has 5 nitrogen and oxygen atoms in total. The molecule has 0 unspecified atom stereocenters. The van der Waals surface area contributed by atoms with Gasteiger partial charge in [0.2, 0.25) is 11.8 Å². The van der Waals surface area contributed by atoms with Gasteiger partial charge in [-0.1, -0.05) is 6.07 Å². The number of fused-ring (bicyclic) bond motifs is 1. The number of amides is 2. The van der Waals surface area contributed by atoms with Crippen molar-refractivity contribution in [2.75, 3.05) is 28.8 Å². The van der Waals surface area contributed by atoms with Crippen molar-refractivity contribution in [3.8, 4) is 0 Å². The van der Waals surface area contributed by atoms with Crippen LogP contribution in [0.3, 0.4) is 0 Å². The highest BCUT2D eigenvalue weighted by Crippen LogP contribution is 2.37. The number of nitrogens with one attached hydrogen (secondary N) is 1. The van der Waals surface area contributed by atoms with Crippen molar-refractivity contribution in [1.29, 1.82) is 0 Å². The molecule has 1 atom stereocenters. The summed E-state index contributed by atoms with van der Waals surface area (Å²) in [5, 5.41) is 2.87. The van der Waals surface area contributed by atoms with Gasteiger partial charge in [-0.3, -0.25) is 9.59 Å². The van der Waals surface area contributed by atoms with Crippen LogP contribution in [0, 0.1) is 5.92 Å². The van der Waals surface area contributed by atoms with Gasteiger partial charge in [-0.15, -0.1) is 0 Å². The number of anilines is 2. The molecule has 2 amide bonds. The average Bonchev–Trinajstić information content (AvgIpc) is 3.32. The van der Waals surface area contributed by atoms with Crippen LogP contribution in [-0.4, -0.2) is 36.4 Å². The van der Waals surface area contributed by atoms with Gasteiger partial charge < -0.3 is 16.0 Å². The molecule has 3 rings (SSSR count). The molecule has 3 N–H and O–H groups in total. The van der Waals surface area contributed by atoms with Gasteiger partial charge >= 0.3 is 0 Å². The van der Waals surface area contributed by atoms with Crippen LogP contribution in [0.25, 0.3) is 0 Å². The van der Waals surface area contributed by atoms with Gasteiger partial charge in [0.05, 0.1) is 6.04 Å². The summed E-state index contributed by atoms with van der Waals surface area (Å²) in [5.41, 5.74) is 8.72. The maximum atomic E-state index is 12.3. The molecule has 6 heteroatoms. The molecule has 1 heterocycles. The normalized spacial score (nSPS) is 17.7. The third-order valence-electron chi connectivity index (χ3n) is 4.41. The first-order valence-electron chi connectivity index (χ1n) is 8.10. The first kappa shape index (κ1) is 16.3. The fourth-order valence-electron chi connectivity index (χ4n) is 2.85. The third kappa shape index (κ3) is 3.70. The van der Waals surface area contributed by atoms with Gasteiger partial charge in [-0.2, -0.15) is 11.8 Å². The van der Waals surface area contributed by atoms with E-state index in [0.717, 1.165) is 37.2 Å². The van der Waals surface area contributed by atoms with Crippen LogP contribution in [0.4, 0.5) is 11.4 Å². The highest BCUT2D eigenvalue weighted by atomic mass is 32.2. The van der Waals surface area contributed by atoms with Crippen molar-refractivity contribution < 1.29 is 9.59 Å². The predicted octanol–water partition coefficient (Wildman–Crippen LogP) is 2.00. The molecular weight excluding hydrogens is 310 g/mol. The molecule has 0 radical (unpaired) electrons. The molecule has 0 spiro atoms. The Balaban J connectivity index is 1.69. The fourth-order valence-corrected chi connectivity index (χ4v) is 3.34. The Bertz CT molecular complexity index is 616. The Morgan fingerprint density at radius 3 is 2.91 bits per heavy atom. The van der Waals surface area contributed by atoms with Crippen molar-refractivity contribution in [2.45, 2.75) is 31.7 Å². The van der Waals surface area contributed by atoms with Gasteiger partial charge in [0, 0.05) is 23.8 Å². The van der Waals surface area contributed by atoms with E-state index in [1.54, 1.807) is 11.8 Å². The molecule has 2 aliphatic rings. The summed E-state index contributed by atoms with van der Waals surface area (Å²) in [7, 11) is 0. The molecule has 0 bridgehead atoms. The fraction of sp³-hybridized carbons (Fsp3) is 0.529. The smallest absolute Gasteiger partial charge is 0.241 e. The van der Waals surface area contributed by atoms with Gasteiger partial charge in [-0.25, -0.2) is 0 Å². The van der Waals surface area contributed by atoms with Crippen molar-refractivity contribution in [3.63, 3.8) is 0 Å². The predicted molar refractivity (Wildman–Crippen MR) is 94.8 cm³/mol. The zero-order valence-corrected chi connectivity index (χ0v) is 14.2. The largest absolute Gasteiger partial charge is 0.325 e. The van der Waals surface area contributed by atoms with E-state index >= 15 is 0 Å². The number of carbonyl (C=O) groups is 2. The number of nitrogens with zero attached hydrogens (tertiary/aromatic N) is 1. The first-order chi connectivity index (χ1) is 11.1.